The van der Waals surface area contributed by atoms with E-state index in [0.29, 0.717) is 12.0 Å². The number of carbonyl (C=O) groups is 3. The fraction of sp³-hybridized carbons (Fsp3) is 0.393. The van der Waals surface area contributed by atoms with Gasteiger partial charge in [-0.2, -0.15) is 0 Å². The van der Waals surface area contributed by atoms with E-state index in [1.54, 1.807) is 11.3 Å². The number of carbonyl (C=O) groups excluding carboxylic acids is 2. The first-order chi connectivity index (χ1) is 33.1. The zero-order chi connectivity index (χ0) is 47.1. The van der Waals surface area contributed by atoms with Gasteiger partial charge >= 0.3 is 5.97 Å². The Morgan fingerprint density at radius 2 is 1.37 bits per heavy atom. The summed E-state index contributed by atoms with van der Waals surface area (Å²) in [5.74, 6) is -1.32. The Morgan fingerprint density at radius 1 is 0.676 bits per heavy atom. The van der Waals surface area contributed by atoms with Crippen LogP contribution >= 0.6 is 22.7 Å². The van der Waals surface area contributed by atoms with E-state index < -0.39 is 5.97 Å². The molecular formula is C61H65NO4S2. The largest absolute Gasteiger partial charge is 0.478 e. The predicted molar refractivity (Wildman–Crippen MR) is 284 cm³/mol. The first-order valence-corrected chi connectivity index (χ1v) is 27.3. The number of carboxylic acids is 1. The lowest BCUT2D eigenvalue weighted by Crippen LogP contribution is -2.26. The molecule has 0 bridgehead atoms. The van der Waals surface area contributed by atoms with Gasteiger partial charge in [0.05, 0.1) is 11.1 Å². The van der Waals surface area contributed by atoms with Crippen LogP contribution in [0.4, 0.5) is 11.4 Å². The van der Waals surface area contributed by atoms with Gasteiger partial charge in [0.25, 0.3) is 0 Å². The summed E-state index contributed by atoms with van der Waals surface area (Å²) in [7, 11) is 0. The highest BCUT2D eigenvalue weighted by atomic mass is 32.1. The normalized spacial score (nSPS) is 18.1. The molecule has 1 fully saturated rings. The summed E-state index contributed by atoms with van der Waals surface area (Å²) < 4.78 is 0. The van der Waals surface area contributed by atoms with E-state index in [-0.39, 0.29) is 39.2 Å². The summed E-state index contributed by atoms with van der Waals surface area (Å²) in [5, 5.41) is 9.65. The van der Waals surface area contributed by atoms with Crippen LogP contribution in [0.15, 0.2) is 96.6 Å². The van der Waals surface area contributed by atoms with Gasteiger partial charge < -0.3 is 10.0 Å². The average Bonchev–Trinajstić information content (AvgIpc) is 4.20. The number of benzene rings is 4. The van der Waals surface area contributed by atoms with Crippen LogP contribution in [0.25, 0.3) is 37.4 Å². The zero-order valence-corrected chi connectivity index (χ0v) is 42.0. The van der Waals surface area contributed by atoms with Gasteiger partial charge in [-0.05, 0) is 144 Å². The quantitative estimate of drug-likeness (QED) is 0.0497. The topological polar surface area (TPSA) is 74.7 Å². The van der Waals surface area contributed by atoms with Crippen LogP contribution in [0.1, 0.15) is 194 Å². The molecule has 2 unspecified atom stereocenters. The van der Waals surface area contributed by atoms with Crippen LogP contribution in [0, 0.1) is 0 Å². The molecule has 5 nitrogen and oxygen atoms in total. The highest BCUT2D eigenvalue weighted by Gasteiger charge is 2.43. The molecule has 3 heterocycles. The van der Waals surface area contributed by atoms with Gasteiger partial charge in [0.2, 0.25) is 0 Å². The van der Waals surface area contributed by atoms with Crippen LogP contribution < -0.4 is 4.90 Å². The molecule has 4 aromatic carbocycles. The summed E-state index contributed by atoms with van der Waals surface area (Å²) in [6, 6.07) is 33.0. The number of allylic oxidation sites excluding steroid dienone is 1. The summed E-state index contributed by atoms with van der Waals surface area (Å²) >= 11 is 3.59. The highest BCUT2D eigenvalue weighted by Crippen LogP contribution is 2.56. The molecular weight excluding hydrogens is 875 g/mol. The number of hydrogen-bond donors (Lipinski definition) is 1. The van der Waals surface area contributed by atoms with Gasteiger partial charge in [-0.1, -0.05) is 135 Å². The average molecular weight is 940 g/mol. The third-order valence-corrected chi connectivity index (χ3v) is 18.2. The molecule has 6 aromatic rings. The van der Waals surface area contributed by atoms with Crippen molar-refractivity contribution in [1.82, 2.24) is 0 Å². The van der Waals surface area contributed by atoms with E-state index in [4.69, 9.17) is 0 Å². The van der Waals surface area contributed by atoms with Crippen molar-refractivity contribution >= 4 is 57.7 Å². The Morgan fingerprint density at radius 3 is 2.13 bits per heavy atom. The highest BCUT2D eigenvalue weighted by molar-refractivity contribution is 7.24. The minimum absolute atomic E-state index is 0.0122. The third kappa shape index (κ3) is 8.57. The molecule has 0 radical (unpaired) electrons. The fourth-order valence-electron chi connectivity index (χ4n) is 12.0. The number of rotatable bonds is 19. The summed E-state index contributed by atoms with van der Waals surface area (Å²) in [5.41, 5.74) is 14.1. The molecule has 0 saturated heterocycles. The number of thiophene rings is 2. The lowest BCUT2D eigenvalue weighted by Gasteiger charge is -2.28. The van der Waals surface area contributed by atoms with Gasteiger partial charge in [0, 0.05) is 59.4 Å². The minimum Gasteiger partial charge on any atom is -0.478 e. The standard InChI is InChI=1S/C61H65NO4S2/c1-5-7-9-11-13-15-20-38-34-56(67-55(38)37-49-57(63)45-29-26-41(60(65)66)33-48(45)58(49)64)59-40(21-16-14-12-10-8-6-2)35-54(68-59)39-27-31-53-47(32-39)44-23-19-25-52(44)62(53)42-28-30-51-46(36-42)43-22-17-18-24-50(43)61(51,3)4/h17-18,22,24,26-37,44,52H,5-16,19-21,23,25H2,1-4H3,(H,65,66)/b49-37+. The number of hydrogen-bond acceptors (Lipinski definition) is 6. The van der Waals surface area contributed by atoms with E-state index in [9.17, 15) is 19.5 Å². The second-order valence-corrected chi connectivity index (χ2v) is 22.6. The Bertz CT molecular complexity index is 2940. The molecule has 4 aliphatic rings. The van der Waals surface area contributed by atoms with Crippen molar-refractivity contribution < 1.29 is 19.5 Å². The molecule has 68 heavy (non-hydrogen) atoms. The van der Waals surface area contributed by atoms with Gasteiger partial charge in [-0.25, -0.2) is 4.79 Å². The Kier molecular flexibility index (Phi) is 13.3. The van der Waals surface area contributed by atoms with Crippen LogP contribution in [-0.2, 0) is 18.3 Å². The Balaban J connectivity index is 1.00. The summed E-state index contributed by atoms with van der Waals surface area (Å²) in [4.78, 5) is 46.9. The second-order valence-electron chi connectivity index (χ2n) is 20.4. The predicted octanol–water partition coefficient (Wildman–Crippen LogP) is 17.2. The molecule has 1 N–H and O–H groups in total. The van der Waals surface area contributed by atoms with E-state index in [1.165, 1.54) is 166 Å². The first-order valence-electron chi connectivity index (χ1n) is 25.7. The Labute approximate surface area is 411 Å². The number of aryl methyl sites for hydroxylation is 2. The number of nitrogens with zero attached hydrogens (tertiary/aromatic N) is 1. The number of aromatic carboxylic acids is 1. The zero-order valence-electron chi connectivity index (χ0n) is 40.3. The van der Waals surface area contributed by atoms with Crippen LogP contribution in [0.3, 0.4) is 0 Å². The molecule has 350 valence electrons. The van der Waals surface area contributed by atoms with Gasteiger partial charge in [0.15, 0.2) is 11.6 Å². The van der Waals surface area contributed by atoms with E-state index in [1.807, 2.05) is 17.4 Å². The van der Waals surface area contributed by atoms with Gasteiger partial charge in [-0.15, -0.1) is 22.7 Å². The maximum atomic E-state index is 13.8. The first kappa shape index (κ1) is 46.4. The number of ketones is 2. The summed E-state index contributed by atoms with van der Waals surface area (Å²) in [6.07, 6.45) is 21.9. The molecule has 0 amide bonds. The maximum Gasteiger partial charge on any atom is 0.335 e. The lowest BCUT2D eigenvalue weighted by atomic mass is 9.82. The molecule has 0 spiro atoms. The number of anilines is 2. The van der Waals surface area contributed by atoms with Crippen molar-refractivity contribution in [3.8, 4) is 31.3 Å². The lowest BCUT2D eigenvalue weighted by molar-refractivity contribution is 0.0696. The van der Waals surface area contributed by atoms with E-state index >= 15 is 0 Å². The minimum atomic E-state index is -1.11. The van der Waals surface area contributed by atoms with E-state index in [2.05, 4.69) is 105 Å². The molecule has 1 aliphatic heterocycles. The molecule has 3 aliphatic carbocycles. The van der Waals surface area contributed by atoms with E-state index in [0.717, 1.165) is 37.0 Å². The van der Waals surface area contributed by atoms with Crippen LogP contribution in [-0.4, -0.2) is 28.7 Å². The van der Waals surface area contributed by atoms with Gasteiger partial charge in [-0.3, -0.25) is 9.59 Å². The molecule has 1 saturated carbocycles. The smallest absolute Gasteiger partial charge is 0.335 e. The molecule has 2 aromatic heterocycles. The number of Topliss-reactive ketones (excluding diaryl/α,β-unsaturated/α-hetero) is 2. The summed E-state index contributed by atoms with van der Waals surface area (Å²) in [6.45, 7) is 9.23. The Hall–Kier alpha value is -5.37. The molecule has 7 heteroatoms. The monoisotopic (exact) mass is 939 g/mol. The molecule has 10 rings (SSSR count). The van der Waals surface area contributed by atoms with Crippen molar-refractivity contribution in [3.05, 3.63) is 146 Å². The molecule has 2 atom stereocenters. The van der Waals surface area contributed by atoms with Crippen molar-refractivity contribution in [2.24, 2.45) is 0 Å². The van der Waals surface area contributed by atoms with Crippen LogP contribution in [0.5, 0.6) is 0 Å². The number of unbranched alkanes of at least 4 members (excludes halogenated alkanes) is 10. The number of carboxylic acid groups (broad SMARTS) is 1. The second kappa shape index (κ2) is 19.6. The van der Waals surface area contributed by atoms with Crippen molar-refractivity contribution in [1.29, 1.82) is 0 Å². The van der Waals surface area contributed by atoms with Crippen molar-refractivity contribution in [2.75, 3.05) is 4.90 Å². The van der Waals surface area contributed by atoms with Gasteiger partial charge in [0.1, 0.15) is 0 Å². The SMILES string of the molecule is CCCCCCCCc1cc(-c2sc(-c3ccc4c(c3)C3CCCC3N4c3ccc4c(c3)-c3ccccc3C4(C)C)cc2CCCCCCCC)sc1/C=C1\C(=O)c2ccc(C(=O)O)cc2C1=O. The number of fused-ring (bicyclic) bond motifs is 7. The fourth-order valence-corrected chi connectivity index (χ4v) is 14.4. The van der Waals surface area contributed by atoms with Crippen LogP contribution in [0.2, 0.25) is 0 Å². The third-order valence-electron chi connectivity index (χ3n) is 15.6. The maximum absolute atomic E-state index is 13.8. The van der Waals surface area contributed by atoms with Crippen molar-refractivity contribution in [3.63, 3.8) is 0 Å². The van der Waals surface area contributed by atoms with Crippen molar-refractivity contribution in [2.45, 2.75) is 154 Å².